The van der Waals surface area contributed by atoms with Crippen LogP contribution in [0.15, 0.2) is 77.5 Å². The molecule has 0 saturated carbocycles. The number of amides is 2. The maximum absolute atomic E-state index is 12.6. The highest BCUT2D eigenvalue weighted by molar-refractivity contribution is 6.02. The molecule has 0 aliphatic heterocycles. The first-order chi connectivity index (χ1) is 14.1. The number of aromatic nitrogens is 2. The monoisotopic (exact) mass is 386 g/mol. The number of aryl methyl sites for hydroxylation is 1. The first-order valence-electron chi connectivity index (χ1n) is 8.98. The number of hydrogen-bond acceptors (Lipinski definition) is 4. The molecule has 0 atom stereocenters. The van der Waals surface area contributed by atoms with Gasteiger partial charge in [-0.25, -0.2) is 4.98 Å². The molecule has 0 unspecified atom stereocenters. The normalized spacial score (nSPS) is 10.5. The van der Waals surface area contributed by atoms with Crippen molar-refractivity contribution in [2.75, 3.05) is 0 Å². The first-order valence-corrected chi connectivity index (χ1v) is 8.98. The van der Waals surface area contributed by atoms with E-state index in [1.807, 2.05) is 31.2 Å². The second kappa shape index (κ2) is 7.85. The van der Waals surface area contributed by atoms with Crippen molar-refractivity contribution in [1.29, 1.82) is 0 Å². The molecule has 0 aliphatic rings. The maximum Gasteiger partial charge on any atom is 0.286 e. The standard InChI is InChI=1S/C22H18N4O3/c1-14-8-10-15(11-9-14)19-13-24-22(29-19)17-6-3-2-5-16(17)20(27)25-26-21(28)18-7-4-12-23-18/h2-13,23H,1H3,(H,25,27)(H,26,28). The average molecular weight is 386 g/mol. The fourth-order valence-corrected chi connectivity index (χ4v) is 2.84. The van der Waals surface area contributed by atoms with Crippen LogP contribution in [0.5, 0.6) is 0 Å². The summed E-state index contributed by atoms with van der Waals surface area (Å²) in [6.45, 7) is 2.01. The van der Waals surface area contributed by atoms with Gasteiger partial charge in [-0.15, -0.1) is 0 Å². The lowest BCUT2D eigenvalue weighted by Gasteiger charge is -2.09. The van der Waals surface area contributed by atoms with Crippen molar-refractivity contribution < 1.29 is 14.0 Å². The maximum atomic E-state index is 12.6. The number of benzene rings is 2. The van der Waals surface area contributed by atoms with Gasteiger partial charge in [0.15, 0.2) is 5.76 Å². The molecule has 4 aromatic rings. The number of aromatic amines is 1. The number of oxazole rings is 1. The van der Waals surface area contributed by atoms with E-state index in [1.165, 1.54) is 0 Å². The Morgan fingerprint density at radius 3 is 2.45 bits per heavy atom. The molecule has 29 heavy (non-hydrogen) atoms. The SMILES string of the molecule is Cc1ccc(-c2cnc(-c3ccccc3C(=O)NNC(=O)c3ccc[nH]3)o2)cc1. The van der Waals surface area contributed by atoms with Gasteiger partial charge in [-0.05, 0) is 31.2 Å². The number of rotatable bonds is 4. The van der Waals surface area contributed by atoms with E-state index in [-0.39, 0.29) is 0 Å². The van der Waals surface area contributed by atoms with Gasteiger partial charge in [0.2, 0.25) is 5.89 Å². The number of H-pyrrole nitrogens is 1. The Morgan fingerprint density at radius 2 is 1.69 bits per heavy atom. The Kier molecular flexibility index (Phi) is 4.94. The zero-order chi connectivity index (χ0) is 20.2. The van der Waals surface area contributed by atoms with E-state index in [4.69, 9.17) is 4.42 Å². The van der Waals surface area contributed by atoms with Crippen LogP contribution in [-0.4, -0.2) is 21.8 Å². The van der Waals surface area contributed by atoms with Crippen molar-refractivity contribution in [3.05, 3.63) is 89.9 Å². The highest BCUT2D eigenvalue weighted by Gasteiger charge is 2.17. The molecule has 7 heteroatoms. The molecule has 144 valence electrons. The van der Waals surface area contributed by atoms with Crippen LogP contribution in [0, 0.1) is 6.92 Å². The Labute approximate surface area is 166 Å². The van der Waals surface area contributed by atoms with Crippen LogP contribution in [0.4, 0.5) is 0 Å². The van der Waals surface area contributed by atoms with Gasteiger partial charge in [-0.1, -0.05) is 42.0 Å². The molecule has 2 amide bonds. The van der Waals surface area contributed by atoms with Crippen LogP contribution in [0.25, 0.3) is 22.8 Å². The van der Waals surface area contributed by atoms with Crippen molar-refractivity contribution in [2.24, 2.45) is 0 Å². The second-order valence-corrected chi connectivity index (χ2v) is 6.43. The Balaban J connectivity index is 1.54. The molecule has 0 aliphatic carbocycles. The van der Waals surface area contributed by atoms with E-state index < -0.39 is 11.8 Å². The predicted molar refractivity (Wildman–Crippen MR) is 108 cm³/mol. The van der Waals surface area contributed by atoms with Gasteiger partial charge in [-0.2, -0.15) is 0 Å². The lowest BCUT2D eigenvalue weighted by atomic mass is 10.1. The zero-order valence-corrected chi connectivity index (χ0v) is 15.6. The third kappa shape index (κ3) is 3.93. The predicted octanol–water partition coefficient (Wildman–Crippen LogP) is 3.72. The lowest BCUT2D eigenvalue weighted by molar-refractivity contribution is 0.0844. The molecule has 3 N–H and O–H groups in total. The fraction of sp³-hybridized carbons (Fsp3) is 0.0455. The molecule has 2 heterocycles. The highest BCUT2D eigenvalue weighted by Crippen LogP contribution is 2.28. The molecule has 0 spiro atoms. The number of nitrogens with zero attached hydrogens (tertiary/aromatic N) is 1. The number of nitrogens with one attached hydrogen (secondary N) is 3. The first kappa shape index (κ1) is 18.2. The van der Waals surface area contributed by atoms with Gasteiger partial charge in [0, 0.05) is 17.3 Å². The number of hydrazine groups is 1. The summed E-state index contributed by atoms with van der Waals surface area (Å²) < 4.78 is 5.89. The Bertz CT molecular complexity index is 1150. The lowest BCUT2D eigenvalue weighted by Crippen LogP contribution is -2.41. The topological polar surface area (TPSA) is 100 Å². The molecule has 0 fully saturated rings. The van der Waals surface area contributed by atoms with Crippen LogP contribution in [0.1, 0.15) is 26.4 Å². The van der Waals surface area contributed by atoms with Crippen LogP contribution in [0.3, 0.4) is 0 Å². The molecule has 2 aromatic heterocycles. The van der Waals surface area contributed by atoms with Crippen LogP contribution >= 0.6 is 0 Å². The smallest absolute Gasteiger partial charge is 0.286 e. The quantitative estimate of drug-likeness (QED) is 0.465. The van der Waals surface area contributed by atoms with E-state index in [1.54, 1.807) is 48.8 Å². The molecule has 7 nitrogen and oxygen atoms in total. The fourth-order valence-electron chi connectivity index (χ4n) is 2.84. The molecule has 0 bridgehead atoms. The summed E-state index contributed by atoms with van der Waals surface area (Å²) in [4.78, 5) is 31.7. The summed E-state index contributed by atoms with van der Waals surface area (Å²) in [6, 6.07) is 18.1. The molecule has 2 aromatic carbocycles. The number of carbonyl (C=O) groups is 2. The van der Waals surface area contributed by atoms with Crippen molar-refractivity contribution in [2.45, 2.75) is 6.92 Å². The number of hydrogen-bond donors (Lipinski definition) is 3. The van der Waals surface area contributed by atoms with Gasteiger partial charge < -0.3 is 9.40 Å². The summed E-state index contributed by atoms with van der Waals surface area (Å²) in [7, 11) is 0. The minimum atomic E-state index is -0.476. The molecular formula is C22H18N4O3. The van der Waals surface area contributed by atoms with Gasteiger partial charge in [0.05, 0.1) is 11.8 Å². The Morgan fingerprint density at radius 1 is 0.931 bits per heavy atom. The zero-order valence-electron chi connectivity index (χ0n) is 15.6. The van der Waals surface area contributed by atoms with Gasteiger partial charge >= 0.3 is 0 Å². The van der Waals surface area contributed by atoms with Crippen LogP contribution < -0.4 is 10.9 Å². The van der Waals surface area contributed by atoms with E-state index in [9.17, 15) is 9.59 Å². The Hall–Kier alpha value is -4.13. The average Bonchev–Trinajstić information content (AvgIpc) is 3.45. The van der Waals surface area contributed by atoms with E-state index in [2.05, 4.69) is 20.8 Å². The molecule has 0 saturated heterocycles. The van der Waals surface area contributed by atoms with Crippen LogP contribution in [0.2, 0.25) is 0 Å². The summed E-state index contributed by atoms with van der Waals surface area (Å²) in [5, 5.41) is 0. The van der Waals surface area contributed by atoms with E-state index in [0.29, 0.717) is 28.5 Å². The van der Waals surface area contributed by atoms with Crippen LogP contribution in [-0.2, 0) is 0 Å². The van der Waals surface area contributed by atoms with Crippen molar-refractivity contribution in [3.63, 3.8) is 0 Å². The third-order valence-corrected chi connectivity index (χ3v) is 4.38. The van der Waals surface area contributed by atoms with Gasteiger partial charge in [0.25, 0.3) is 11.8 Å². The minimum absolute atomic E-state index is 0.321. The summed E-state index contributed by atoms with van der Waals surface area (Å²) in [6.07, 6.45) is 3.25. The van der Waals surface area contributed by atoms with Crippen molar-refractivity contribution in [3.8, 4) is 22.8 Å². The summed E-state index contributed by atoms with van der Waals surface area (Å²) >= 11 is 0. The van der Waals surface area contributed by atoms with Gasteiger partial charge in [0.1, 0.15) is 5.69 Å². The third-order valence-electron chi connectivity index (χ3n) is 4.38. The molecule has 0 radical (unpaired) electrons. The highest BCUT2D eigenvalue weighted by atomic mass is 16.4. The number of carbonyl (C=O) groups excluding carboxylic acids is 2. The van der Waals surface area contributed by atoms with E-state index >= 15 is 0 Å². The van der Waals surface area contributed by atoms with Gasteiger partial charge in [-0.3, -0.25) is 20.4 Å². The molecule has 4 rings (SSSR count). The van der Waals surface area contributed by atoms with Crippen molar-refractivity contribution >= 4 is 11.8 Å². The van der Waals surface area contributed by atoms with Crippen molar-refractivity contribution in [1.82, 2.24) is 20.8 Å². The largest absolute Gasteiger partial charge is 0.436 e. The molecular weight excluding hydrogens is 368 g/mol. The summed E-state index contributed by atoms with van der Waals surface area (Å²) in [5.41, 5.74) is 8.04. The minimum Gasteiger partial charge on any atom is -0.436 e. The summed E-state index contributed by atoms with van der Waals surface area (Å²) in [5.74, 6) is 0.00600. The second-order valence-electron chi connectivity index (χ2n) is 6.43. The van der Waals surface area contributed by atoms with E-state index in [0.717, 1.165) is 11.1 Å².